The Hall–Kier alpha value is -3.54. The third kappa shape index (κ3) is 4.32. The monoisotopic (exact) mass is 388 g/mol. The number of aromatic nitrogens is 1. The van der Waals surface area contributed by atoms with Crippen LogP contribution in [0.4, 0.5) is 16.3 Å². The molecule has 0 bridgehead atoms. The number of nitrogens with zero attached hydrogens (tertiary/aromatic N) is 3. The minimum absolute atomic E-state index is 0.124. The number of amides is 2. The van der Waals surface area contributed by atoms with E-state index >= 15 is 0 Å². The molecule has 0 radical (unpaired) electrons. The molecule has 0 atom stereocenters. The van der Waals surface area contributed by atoms with Crippen molar-refractivity contribution in [3.8, 4) is 5.75 Å². The van der Waals surface area contributed by atoms with Crippen LogP contribution < -0.4 is 19.9 Å². The molecule has 6 nitrogen and oxygen atoms in total. The molecule has 148 valence electrons. The van der Waals surface area contributed by atoms with Crippen molar-refractivity contribution in [2.75, 3.05) is 30.0 Å². The van der Waals surface area contributed by atoms with Gasteiger partial charge < -0.3 is 15.0 Å². The van der Waals surface area contributed by atoms with Crippen molar-refractivity contribution < 1.29 is 9.53 Å². The Morgan fingerprint density at radius 3 is 2.69 bits per heavy atom. The van der Waals surface area contributed by atoms with Crippen LogP contribution in [-0.4, -0.2) is 31.2 Å². The summed E-state index contributed by atoms with van der Waals surface area (Å²) < 4.78 is 5.25. The summed E-state index contributed by atoms with van der Waals surface area (Å²) in [5.41, 5.74) is 3.05. The Balaban J connectivity index is 1.47. The van der Waals surface area contributed by atoms with Gasteiger partial charge in [0.05, 0.1) is 12.8 Å². The molecule has 2 aromatic carbocycles. The molecule has 0 saturated carbocycles. The highest BCUT2D eigenvalue weighted by Crippen LogP contribution is 2.31. The van der Waals surface area contributed by atoms with Crippen molar-refractivity contribution in [2.45, 2.75) is 13.1 Å². The van der Waals surface area contributed by atoms with Crippen LogP contribution in [0.15, 0.2) is 72.9 Å². The molecule has 4 rings (SSSR count). The number of anilines is 2. The molecule has 1 aliphatic rings. The normalized spacial score (nSPS) is 13.0. The van der Waals surface area contributed by atoms with Crippen molar-refractivity contribution in [1.82, 2.24) is 10.3 Å². The molecule has 1 aliphatic heterocycles. The van der Waals surface area contributed by atoms with Gasteiger partial charge in [-0.05, 0) is 35.4 Å². The second-order valence-corrected chi connectivity index (χ2v) is 6.92. The van der Waals surface area contributed by atoms with Gasteiger partial charge in [0.1, 0.15) is 5.75 Å². The standard InChI is InChI=1S/C23H24N4O2/c1-29-20-10-5-9-19(15-20)16-25-23(28)27-14-13-26(17-18-7-3-2-4-8-18)22-21(27)11-6-12-24-22/h2-12,15H,13-14,16-17H2,1H3,(H,25,28). The first-order valence-electron chi connectivity index (χ1n) is 9.67. The number of methoxy groups -OCH3 is 1. The van der Waals surface area contributed by atoms with E-state index in [1.54, 1.807) is 18.2 Å². The Morgan fingerprint density at radius 1 is 1.03 bits per heavy atom. The first-order valence-corrected chi connectivity index (χ1v) is 9.67. The van der Waals surface area contributed by atoms with E-state index in [2.05, 4.69) is 27.3 Å². The smallest absolute Gasteiger partial charge is 0.322 e. The number of carbonyl (C=O) groups is 1. The number of pyridine rings is 1. The summed E-state index contributed by atoms with van der Waals surface area (Å²) in [5, 5.41) is 3.01. The molecule has 0 aliphatic carbocycles. The summed E-state index contributed by atoms with van der Waals surface area (Å²) in [6.45, 7) is 2.54. The first kappa shape index (κ1) is 18.8. The summed E-state index contributed by atoms with van der Waals surface area (Å²) in [6.07, 6.45) is 1.77. The fourth-order valence-electron chi connectivity index (χ4n) is 3.51. The molecule has 3 aromatic rings. The van der Waals surface area contributed by atoms with Gasteiger partial charge in [-0.15, -0.1) is 0 Å². The molecule has 2 heterocycles. The number of hydrogen-bond acceptors (Lipinski definition) is 4. The summed E-state index contributed by atoms with van der Waals surface area (Å²) in [5.74, 6) is 1.61. The average molecular weight is 388 g/mol. The maximum atomic E-state index is 12.9. The molecule has 1 aromatic heterocycles. The number of ether oxygens (including phenoxy) is 1. The molecule has 0 fully saturated rings. The van der Waals surface area contributed by atoms with Gasteiger partial charge in [0, 0.05) is 32.4 Å². The van der Waals surface area contributed by atoms with Crippen molar-refractivity contribution >= 4 is 17.5 Å². The molecule has 0 unspecified atom stereocenters. The predicted octanol–water partition coefficient (Wildman–Crippen LogP) is 3.83. The lowest BCUT2D eigenvalue weighted by Crippen LogP contribution is -2.48. The molecule has 29 heavy (non-hydrogen) atoms. The topological polar surface area (TPSA) is 57.7 Å². The number of fused-ring (bicyclic) bond motifs is 1. The van der Waals surface area contributed by atoms with Crippen LogP contribution in [0.5, 0.6) is 5.75 Å². The van der Waals surface area contributed by atoms with E-state index in [4.69, 9.17) is 4.74 Å². The van der Waals surface area contributed by atoms with Crippen LogP contribution in [0.3, 0.4) is 0 Å². The van der Waals surface area contributed by atoms with Gasteiger partial charge in [0.2, 0.25) is 0 Å². The highest BCUT2D eigenvalue weighted by atomic mass is 16.5. The van der Waals surface area contributed by atoms with Crippen molar-refractivity contribution in [1.29, 1.82) is 0 Å². The lowest BCUT2D eigenvalue weighted by Gasteiger charge is -2.36. The van der Waals surface area contributed by atoms with E-state index in [1.807, 2.05) is 54.6 Å². The van der Waals surface area contributed by atoms with Crippen LogP contribution in [0.25, 0.3) is 0 Å². The van der Waals surface area contributed by atoms with Crippen LogP contribution in [-0.2, 0) is 13.1 Å². The Morgan fingerprint density at radius 2 is 1.86 bits per heavy atom. The summed E-state index contributed by atoms with van der Waals surface area (Å²) in [4.78, 5) is 21.4. The second kappa shape index (κ2) is 8.65. The summed E-state index contributed by atoms with van der Waals surface area (Å²) in [7, 11) is 1.64. The summed E-state index contributed by atoms with van der Waals surface area (Å²) in [6, 6.07) is 21.7. The zero-order chi connectivity index (χ0) is 20.1. The van der Waals surface area contributed by atoms with Gasteiger partial charge in [0.25, 0.3) is 0 Å². The minimum atomic E-state index is -0.124. The number of nitrogens with one attached hydrogen (secondary N) is 1. The third-order valence-electron chi connectivity index (χ3n) is 4.99. The van der Waals surface area contributed by atoms with Crippen LogP contribution in [0.2, 0.25) is 0 Å². The lowest BCUT2D eigenvalue weighted by atomic mass is 10.2. The Bertz CT molecular complexity index is 977. The number of urea groups is 1. The van der Waals surface area contributed by atoms with Crippen LogP contribution in [0.1, 0.15) is 11.1 Å². The largest absolute Gasteiger partial charge is 0.497 e. The highest BCUT2D eigenvalue weighted by Gasteiger charge is 2.27. The summed E-state index contributed by atoms with van der Waals surface area (Å²) >= 11 is 0. The average Bonchev–Trinajstić information content (AvgIpc) is 2.78. The number of hydrogen-bond donors (Lipinski definition) is 1. The van der Waals surface area contributed by atoms with Crippen LogP contribution in [0, 0.1) is 0 Å². The molecular formula is C23H24N4O2. The number of rotatable bonds is 5. The number of carbonyl (C=O) groups excluding carboxylic acids is 1. The maximum absolute atomic E-state index is 12.9. The van der Waals surface area contributed by atoms with Gasteiger partial charge >= 0.3 is 6.03 Å². The first-order chi connectivity index (χ1) is 14.2. The third-order valence-corrected chi connectivity index (χ3v) is 4.99. The van der Waals surface area contributed by atoms with E-state index < -0.39 is 0 Å². The molecule has 0 spiro atoms. The second-order valence-electron chi connectivity index (χ2n) is 6.92. The molecule has 0 saturated heterocycles. The fourth-order valence-corrected chi connectivity index (χ4v) is 3.51. The molecule has 6 heteroatoms. The van der Waals surface area contributed by atoms with E-state index in [1.165, 1.54) is 5.56 Å². The van der Waals surface area contributed by atoms with Crippen molar-refractivity contribution in [3.05, 3.63) is 84.1 Å². The Kier molecular flexibility index (Phi) is 5.61. The highest BCUT2D eigenvalue weighted by molar-refractivity contribution is 5.96. The van der Waals surface area contributed by atoms with Gasteiger partial charge in [0.15, 0.2) is 5.82 Å². The quantitative estimate of drug-likeness (QED) is 0.722. The van der Waals surface area contributed by atoms with Gasteiger partial charge in [-0.3, -0.25) is 4.90 Å². The van der Waals surface area contributed by atoms with Gasteiger partial charge in [-0.1, -0.05) is 42.5 Å². The Labute approximate surface area is 170 Å². The van der Waals surface area contributed by atoms with Crippen LogP contribution >= 0.6 is 0 Å². The lowest BCUT2D eigenvalue weighted by molar-refractivity contribution is 0.245. The number of benzene rings is 2. The zero-order valence-corrected chi connectivity index (χ0v) is 16.4. The van der Waals surface area contributed by atoms with Crippen molar-refractivity contribution in [3.63, 3.8) is 0 Å². The van der Waals surface area contributed by atoms with E-state index in [9.17, 15) is 4.79 Å². The van der Waals surface area contributed by atoms with E-state index in [0.717, 1.165) is 35.9 Å². The predicted molar refractivity (Wildman–Crippen MR) is 114 cm³/mol. The fraction of sp³-hybridized carbons (Fsp3) is 0.217. The SMILES string of the molecule is COc1cccc(CNC(=O)N2CCN(Cc3ccccc3)c3ncccc32)c1. The maximum Gasteiger partial charge on any atom is 0.322 e. The molecular weight excluding hydrogens is 364 g/mol. The molecule has 1 N–H and O–H groups in total. The van der Waals surface area contributed by atoms with E-state index in [-0.39, 0.29) is 6.03 Å². The minimum Gasteiger partial charge on any atom is -0.497 e. The van der Waals surface area contributed by atoms with Gasteiger partial charge in [-0.25, -0.2) is 9.78 Å². The van der Waals surface area contributed by atoms with E-state index in [0.29, 0.717) is 13.1 Å². The van der Waals surface area contributed by atoms with Gasteiger partial charge in [-0.2, -0.15) is 0 Å². The van der Waals surface area contributed by atoms with Crippen molar-refractivity contribution in [2.24, 2.45) is 0 Å². The molecule has 2 amide bonds. The zero-order valence-electron chi connectivity index (χ0n) is 16.4.